The average Bonchev–Trinajstić information content (AvgIpc) is 3.26. The van der Waals surface area contributed by atoms with Crippen molar-refractivity contribution in [1.29, 1.82) is 0 Å². The third-order valence-electron chi connectivity index (χ3n) is 4.59. The highest BCUT2D eigenvalue weighted by Crippen LogP contribution is 2.29. The number of nitrogens with zero attached hydrogens (tertiary/aromatic N) is 2. The van der Waals surface area contributed by atoms with Gasteiger partial charge >= 0.3 is 0 Å². The van der Waals surface area contributed by atoms with Crippen LogP contribution in [0.5, 0.6) is 11.5 Å². The van der Waals surface area contributed by atoms with Crippen LogP contribution in [0.25, 0.3) is 22.0 Å². The average molecular weight is 400 g/mol. The van der Waals surface area contributed by atoms with Crippen LogP contribution in [0.3, 0.4) is 0 Å². The summed E-state index contributed by atoms with van der Waals surface area (Å²) >= 11 is 0. The van der Waals surface area contributed by atoms with Crippen LogP contribution in [-0.4, -0.2) is 34.0 Å². The summed E-state index contributed by atoms with van der Waals surface area (Å²) in [5.74, 6) is -0.108. The second kappa shape index (κ2) is 8.48. The van der Waals surface area contributed by atoms with E-state index in [-0.39, 0.29) is 11.4 Å². The summed E-state index contributed by atoms with van der Waals surface area (Å²) in [6.07, 6.45) is 1.36. The van der Waals surface area contributed by atoms with Gasteiger partial charge in [-0.05, 0) is 35.9 Å². The standard InChI is InChI=1S/C23H20N4O3/c1-2-30-21-12-6-9-16(22(21)28)14-24-27-23(29)20-13-19(25-26-20)18-11-5-8-15-7-3-4-10-17(15)18/h3-14,28H,2H2,1H3,(H,25,26)(H,27,29)/b24-14-. The molecule has 0 atom stereocenters. The number of fused-ring (bicyclic) bond motifs is 1. The van der Waals surface area contributed by atoms with Crippen molar-refractivity contribution in [2.24, 2.45) is 5.10 Å². The zero-order valence-corrected chi connectivity index (χ0v) is 16.3. The molecule has 7 nitrogen and oxygen atoms in total. The number of hydrogen-bond acceptors (Lipinski definition) is 5. The predicted molar refractivity (Wildman–Crippen MR) is 116 cm³/mol. The van der Waals surface area contributed by atoms with E-state index in [4.69, 9.17) is 4.74 Å². The van der Waals surface area contributed by atoms with E-state index in [0.717, 1.165) is 16.3 Å². The van der Waals surface area contributed by atoms with Gasteiger partial charge in [0.15, 0.2) is 11.5 Å². The summed E-state index contributed by atoms with van der Waals surface area (Å²) in [7, 11) is 0. The molecule has 0 aliphatic rings. The first kappa shape index (κ1) is 19.2. The number of aromatic hydroxyl groups is 1. The first-order valence-corrected chi connectivity index (χ1v) is 9.49. The molecule has 0 aliphatic carbocycles. The largest absolute Gasteiger partial charge is 0.504 e. The number of rotatable bonds is 6. The molecule has 3 aromatic carbocycles. The predicted octanol–water partition coefficient (Wildman–Crippen LogP) is 4.10. The molecule has 0 saturated heterocycles. The highest BCUT2D eigenvalue weighted by molar-refractivity contribution is 5.98. The van der Waals surface area contributed by atoms with Crippen molar-refractivity contribution in [1.82, 2.24) is 15.6 Å². The Hall–Kier alpha value is -4.13. The molecule has 0 spiro atoms. The number of nitrogens with one attached hydrogen (secondary N) is 2. The number of phenols is 1. The Bertz CT molecular complexity index is 1220. The molecule has 7 heteroatoms. The van der Waals surface area contributed by atoms with Gasteiger partial charge in [-0.3, -0.25) is 9.89 Å². The van der Waals surface area contributed by atoms with Gasteiger partial charge in [-0.1, -0.05) is 48.5 Å². The van der Waals surface area contributed by atoms with Gasteiger partial charge in [0.2, 0.25) is 0 Å². The van der Waals surface area contributed by atoms with Crippen LogP contribution in [0.1, 0.15) is 23.0 Å². The van der Waals surface area contributed by atoms with Gasteiger partial charge in [-0.15, -0.1) is 0 Å². The number of aromatic amines is 1. The molecule has 3 N–H and O–H groups in total. The monoisotopic (exact) mass is 400 g/mol. The van der Waals surface area contributed by atoms with Gasteiger partial charge in [0.1, 0.15) is 5.69 Å². The molecular formula is C23H20N4O3. The molecule has 0 radical (unpaired) electrons. The molecular weight excluding hydrogens is 380 g/mol. The lowest BCUT2D eigenvalue weighted by atomic mass is 10.0. The van der Waals surface area contributed by atoms with E-state index in [1.807, 2.05) is 49.4 Å². The Morgan fingerprint density at radius 1 is 1.17 bits per heavy atom. The molecule has 4 aromatic rings. The number of amides is 1. The van der Waals surface area contributed by atoms with Crippen molar-refractivity contribution < 1.29 is 14.6 Å². The first-order chi connectivity index (χ1) is 14.7. The zero-order valence-electron chi connectivity index (χ0n) is 16.3. The zero-order chi connectivity index (χ0) is 20.9. The molecule has 1 amide bonds. The van der Waals surface area contributed by atoms with Crippen molar-refractivity contribution in [3.8, 4) is 22.8 Å². The van der Waals surface area contributed by atoms with Crippen LogP contribution >= 0.6 is 0 Å². The number of carbonyl (C=O) groups is 1. The van der Waals surface area contributed by atoms with E-state index in [9.17, 15) is 9.90 Å². The fourth-order valence-corrected chi connectivity index (χ4v) is 3.16. The van der Waals surface area contributed by atoms with Crippen LogP contribution in [0.2, 0.25) is 0 Å². The molecule has 1 heterocycles. The Labute approximate surface area is 173 Å². The molecule has 0 fully saturated rings. The number of carbonyl (C=O) groups excluding carboxylic acids is 1. The highest BCUT2D eigenvalue weighted by Gasteiger charge is 2.12. The molecule has 4 rings (SSSR count). The van der Waals surface area contributed by atoms with E-state index in [2.05, 4.69) is 20.7 Å². The lowest BCUT2D eigenvalue weighted by molar-refractivity contribution is 0.0950. The van der Waals surface area contributed by atoms with Crippen LogP contribution in [0.4, 0.5) is 0 Å². The SMILES string of the molecule is CCOc1cccc(/C=N\NC(=O)c2cc(-c3cccc4ccccc34)n[nH]2)c1O. The number of benzene rings is 3. The summed E-state index contributed by atoms with van der Waals surface area (Å²) in [6, 6.07) is 20.7. The van der Waals surface area contributed by atoms with E-state index in [1.165, 1.54) is 6.21 Å². The maximum absolute atomic E-state index is 12.4. The molecule has 150 valence electrons. The van der Waals surface area contributed by atoms with Crippen LogP contribution in [0, 0.1) is 0 Å². The lowest BCUT2D eigenvalue weighted by Gasteiger charge is -2.07. The van der Waals surface area contributed by atoms with Gasteiger partial charge in [-0.25, -0.2) is 5.43 Å². The first-order valence-electron chi connectivity index (χ1n) is 9.49. The summed E-state index contributed by atoms with van der Waals surface area (Å²) in [5.41, 5.74) is 4.75. The number of para-hydroxylation sites is 1. The van der Waals surface area contributed by atoms with Crippen molar-refractivity contribution in [3.63, 3.8) is 0 Å². The van der Waals surface area contributed by atoms with Gasteiger partial charge in [0, 0.05) is 11.1 Å². The topological polar surface area (TPSA) is 99.6 Å². The Kier molecular flexibility index (Phi) is 5.43. The molecule has 0 aliphatic heterocycles. The van der Waals surface area contributed by atoms with E-state index in [1.54, 1.807) is 24.3 Å². The fraction of sp³-hybridized carbons (Fsp3) is 0.0870. The summed E-state index contributed by atoms with van der Waals surface area (Å²) in [5, 5.41) is 23.3. The minimum Gasteiger partial charge on any atom is -0.504 e. The molecule has 0 bridgehead atoms. The quantitative estimate of drug-likeness (QED) is 0.335. The van der Waals surface area contributed by atoms with E-state index < -0.39 is 5.91 Å². The Morgan fingerprint density at radius 2 is 1.97 bits per heavy atom. The number of H-pyrrole nitrogens is 1. The Balaban J connectivity index is 1.50. The minimum absolute atomic E-state index is 0.0304. The van der Waals surface area contributed by atoms with Crippen LogP contribution in [-0.2, 0) is 0 Å². The van der Waals surface area contributed by atoms with Gasteiger partial charge in [-0.2, -0.15) is 10.2 Å². The molecule has 0 unspecified atom stereocenters. The third-order valence-corrected chi connectivity index (χ3v) is 4.59. The van der Waals surface area contributed by atoms with Gasteiger partial charge in [0.25, 0.3) is 5.91 Å². The van der Waals surface area contributed by atoms with E-state index in [0.29, 0.717) is 23.6 Å². The number of phenolic OH excluding ortho intramolecular Hbond substituents is 1. The summed E-state index contributed by atoms with van der Waals surface area (Å²) in [4.78, 5) is 12.4. The summed E-state index contributed by atoms with van der Waals surface area (Å²) in [6.45, 7) is 2.26. The van der Waals surface area contributed by atoms with Crippen LogP contribution < -0.4 is 10.2 Å². The highest BCUT2D eigenvalue weighted by atomic mass is 16.5. The maximum atomic E-state index is 12.4. The normalized spacial score (nSPS) is 11.1. The van der Waals surface area contributed by atoms with Gasteiger partial charge < -0.3 is 9.84 Å². The van der Waals surface area contributed by atoms with Crippen LogP contribution in [0.15, 0.2) is 71.8 Å². The fourth-order valence-electron chi connectivity index (χ4n) is 3.16. The third kappa shape index (κ3) is 3.86. The van der Waals surface area contributed by atoms with Crippen molar-refractivity contribution in [3.05, 3.63) is 78.0 Å². The molecule has 0 saturated carbocycles. The molecule has 1 aromatic heterocycles. The smallest absolute Gasteiger partial charge is 0.289 e. The second-order valence-electron chi connectivity index (χ2n) is 6.52. The number of hydrazone groups is 1. The number of aromatic nitrogens is 2. The Morgan fingerprint density at radius 3 is 2.83 bits per heavy atom. The number of hydrogen-bond donors (Lipinski definition) is 3. The lowest BCUT2D eigenvalue weighted by Crippen LogP contribution is -2.18. The van der Waals surface area contributed by atoms with E-state index >= 15 is 0 Å². The van der Waals surface area contributed by atoms with Crippen molar-refractivity contribution in [2.75, 3.05) is 6.61 Å². The van der Waals surface area contributed by atoms with Gasteiger partial charge in [0.05, 0.1) is 18.5 Å². The molecule has 30 heavy (non-hydrogen) atoms. The van der Waals surface area contributed by atoms with Crippen molar-refractivity contribution >= 4 is 22.9 Å². The number of ether oxygens (including phenoxy) is 1. The van der Waals surface area contributed by atoms with Crippen molar-refractivity contribution in [2.45, 2.75) is 6.92 Å². The second-order valence-corrected chi connectivity index (χ2v) is 6.52. The summed E-state index contributed by atoms with van der Waals surface area (Å²) < 4.78 is 5.34. The maximum Gasteiger partial charge on any atom is 0.289 e. The minimum atomic E-state index is -0.439.